The monoisotopic (exact) mass is 235 g/mol. The predicted molar refractivity (Wildman–Crippen MR) is 73.3 cm³/mol. The van der Waals surface area contributed by atoms with E-state index in [1.54, 1.807) is 7.11 Å². The van der Waals surface area contributed by atoms with E-state index >= 15 is 0 Å². The zero-order valence-electron chi connectivity index (χ0n) is 11.7. The fourth-order valence-corrected chi connectivity index (χ4v) is 1.89. The minimum absolute atomic E-state index is 0.124. The number of aryl methyl sites for hydroxylation is 1. The topological polar surface area (TPSA) is 35.2 Å². The molecule has 0 fully saturated rings. The summed E-state index contributed by atoms with van der Waals surface area (Å²) in [5.41, 5.74) is 8.92. The molecule has 2 nitrogen and oxygen atoms in total. The number of methoxy groups -OCH3 is 1. The summed E-state index contributed by atoms with van der Waals surface area (Å²) in [6, 6.07) is 6.33. The van der Waals surface area contributed by atoms with Crippen LogP contribution in [-0.2, 0) is 0 Å². The number of benzene rings is 1. The Labute approximate surface area is 105 Å². The molecule has 0 aliphatic heterocycles. The van der Waals surface area contributed by atoms with E-state index in [4.69, 9.17) is 10.5 Å². The number of rotatable bonds is 4. The first-order chi connectivity index (χ1) is 7.83. The standard InChI is InChI=1S/C15H25NO/c1-11-10-12(6-7-14(11)17-5)13(16)8-9-15(2,3)4/h6-7,10,13H,8-9,16H2,1-5H3. The summed E-state index contributed by atoms with van der Waals surface area (Å²) >= 11 is 0. The maximum atomic E-state index is 6.22. The van der Waals surface area contributed by atoms with Crippen molar-refractivity contribution < 1.29 is 4.74 Å². The van der Waals surface area contributed by atoms with Crippen LogP contribution in [0.1, 0.15) is 50.8 Å². The van der Waals surface area contributed by atoms with Gasteiger partial charge in [-0.15, -0.1) is 0 Å². The van der Waals surface area contributed by atoms with Crippen LogP contribution < -0.4 is 10.5 Å². The Morgan fingerprint density at radius 3 is 2.41 bits per heavy atom. The fraction of sp³-hybridized carbons (Fsp3) is 0.600. The Hall–Kier alpha value is -1.02. The van der Waals surface area contributed by atoms with E-state index in [0.29, 0.717) is 5.41 Å². The van der Waals surface area contributed by atoms with Crippen molar-refractivity contribution in [1.82, 2.24) is 0 Å². The molecular weight excluding hydrogens is 210 g/mol. The second kappa shape index (κ2) is 5.54. The van der Waals surface area contributed by atoms with Gasteiger partial charge < -0.3 is 10.5 Å². The van der Waals surface area contributed by atoms with Gasteiger partial charge in [0.25, 0.3) is 0 Å². The summed E-state index contributed by atoms with van der Waals surface area (Å²) in [6.07, 6.45) is 2.16. The van der Waals surface area contributed by atoms with Crippen molar-refractivity contribution in [2.45, 2.75) is 46.6 Å². The Morgan fingerprint density at radius 1 is 1.29 bits per heavy atom. The lowest BCUT2D eigenvalue weighted by Gasteiger charge is -2.21. The van der Waals surface area contributed by atoms with Gasteiger partial charge in [-0.1, -0.05) is 32.9 Å². The molecule has 0 aliphatic rings. The van der Waals surface area contributed by atoms with Gasteiger partial charge >= 0.3 is 0 Å². The van der Waals surface area contributed by atoms with Crippen LogP contribution in [0.25, 0.3) is 0 Å². The molecule has 1 aromatic rings. The quantitative estimate of drug-likeness (QED) is 0.860. The molecule has 0 aliphatic carbocycles. The molecule has 2 N–H and O–H groups in total. The van der Waals surface area contributed by atoms with Crippen LogP contribution in [0.15, 0.2) is 18.2 Å². The highest BCUT2D eigenvalue weighted by Gasteiger charge is 2.14. The van der Waals surface area contributed by atoms with Gasteiger partial charge in [-0.2, -0.15) is 0 Å². The minimum atomic E-state index is 0.124. The van der Waals surface area contributed by atoms with Crippen molar-refractivity contribution in [3.63, 3.8) is 0 Å². The summed E-state index contributed by atoms with van der Waals surface area (Å²) in [5.74, 6) is 0.928. The van der Waals surface area contributed by atoms with Crippen LogP contribution in [-0.4, -0.2) is 7.11 Å². The van der Waals surface area contributed by atoms with E-state index in [1.165, 1.54) is 5.56 Å². The summed E-state index contributed by atoms with van der Waals surface area (Å²) in [7, 11) is 1.70. The Morgan fingerprint density at radius 2 is 1.94 bits per heavy atom. The number of hydrogen-bond acceptors (Lipinski definition) is 2. The minimum Gasteiger partial charge on any atom is -0.496 e. The molecule has 0 saturated heterocycles. The van der Waals surface area contributed by atoms with Gasteiger partial charge in [0.1, 0.15) is 5.75 Å². The van der Waals surface area contributed by atoms with Gasteiger partial charge in [-0.3, -0.25) is 0 Å². The SMILES string of the molecule is COc1ccc(C(N)CCC(C)(C)C)cc1C. The maximum Gasteiger partial charge on any atom is 0.121 e. The number of ether oxygens (including phenoxy) is 1. The molecule has 0 saturated carbocycles. The Balaban J connectivity index is 2.69. The highest BCUT2D eigenvalue weighted by molar-refractivity contribution is 5.37. The van der Waals surface area contributed by atoms with E-state index in [-0.39, 0.29) is 6.04 Å². The average molecular weight is 235 g/mol. The molecular formula is C15H25NO. The van der Waals surface area contributed by atoms with E-state index in [1.807, 2.05) is 6.07 Å². The van der Waals surface area contributed by atoms with Gasteiger partial charge in [0.05, 0.1) is 7.11 Å². The van der Waals surface area contributed by atoms with Crippen LogP contribution in [0, 0.1) is 12.3 Å². The predicted octanol–water partition coefficient (Wildman–Crippen LogP) is 3.83. The molecule has 0 bridgehead atoms. The first-order valence-corrected chi connectivity index (χ1v) is 6.23. The van der Waals surface area contributed by atoms with Crippen molar-refractivity contribution in [2.24, 2.45) is 11.1 Å². The Bertz CT molecular complexity index is 366. The highest BCUT2D eigenvalue weighted by atomic mass is 16.5. The molecule has 17 heavy (non-hydrogen) atoms. The van der Waals surface area contributed by atoms with Gasteiger partial charge in [0.15, 0.2) is 0 Å². The molecule has 1 rings (SSSR count). The van der Waals surface area contributed by atoms with E-state index in [9.17, 15) is 0 Å². The molecule has 0 amide bonds. The maximum absolute atomic E-state index is 6.22. The van der Waals surface area contributed by atoms with Crippen molar-refractivity contribution in [2.75, 3.05) is 7.11 Å². The Kier molecular flexibility index (Phi) is 4.58. The summed E-state index contributed by atoms with van der Waals surface area (Å²) in [6.45, 7) is 8.80. The van der Waals surface area contributed by atoms with Crippen molar-refractivity contribution in [3.8, 4) is 5.75 Å². The van der Waals surface area contributed by atoms with Crippen LogP contribution in [0.4, 0.5) is 0 Å². The third kappa shape index (κ3) is 4.39. The lowest BCUT2D eigenvalue weighted by molar-refractivity contribution is 0.349. The molecule has 2 heteroatoms. The summed E-state index contributed by atoms with van der Waals surface area (Å²) in [5, 5.41) is 0. The second-order valence-electron chi connectivity index (χ2n) is 5.93. The smallest absolute Gasteiger partial charge is 0.121 e. The van der Waals surface area contributed by atoms with E-state index in [0.717, 1.165) is 24.2 Å². The van der Waals surface area contributed by atoms with Crippen molar-refractivity contribution in [3.05, 3.63) is 29.3 Å². The van der Waals surface area contributed by atoms with Crippen LogP contribution >= 0.6 is 0 Å². The molecule has 0 radical (unpaired) electrons. The fourth-order valence-electron chi connectivity index (χ4n) is 1.89. The number of nitrogens with two attached hydrogens (primary N) is 1. The molecule has 1 atom stereocenters. The average Bonchev–Trinajstić information content (AvgIpc) is 2.24. The van der Waals surface area contributed by atoms with E-state index in [2.05, 4.69) is 39.8 Å². The third-order valence-corrected chi connectivity index (χ3v) is 3.05. The molecule has 96 valence electrons. The van der Waals surface area contributed by atoms with Crippen molar-refractivity contribution in [1.29, 1.82) is 0 Å². The van der Waals surface area contributed by atoms with E-state index < -0.39 is 0 Å². The van der Waals surface area contributed by atoms with Gasteiger partial charge in [-0.25, -0.2) is 0 Å². The molecule has 0 aromatic heterocycles. The first-order valence-electron chi connectivity index (χ1n) is 6.23. The largest absolute Gasteiger partial charge is 0.496 e. The van der Waals surface area contributed by atoms with Crippen LogP contribution in [0.5, 0.6) is 5.75 Å². The first kappa shape index (κ1) is 14.0. The molecule has 0 spiro atoms. The lowest BCUT2D eigenvalue weighted by Crippen LogP contribution is -2.14. The third-order valence-electron chi connectivity index (χ3n) is 3.05. The van der Waals surface area contributed by atoms with Crippen LogP contribution in [0.2, 0.25) is 0 Å². The zero-order chi connectivity index (χ0) is 13.1. The summed E-state index contributed by atoms with van der Waals surface area (Å²) < 4.78 is 5.25. The molecule has 1 unspecified atom stereocenters. The van der Waals surface area contributed by atoms with Gasteiger partial charge in [-0.05, 0) is 42.4 Å². The van der Waals surface area contributed by atoms with Crippen molar-refractivity contribution >= 4 is 0 Å². The van der Waals surface area contributed by atoms with Gasteiger partial charge in [0, 0.05) is 6.04 Å². The number of hydrogen-bond donors (Lipinski definition) is 1. The normalized spacial score (nSPS) is 13.5. The lowest BCUT2D eigenvalue weighted by atomic mass is 9.87. The zero-order valence-corrected chi connectivity index (χ0v) is 11.7. The molecule has 0 heterocycles. The van der Waals surface area contributed by atoms with Gasteiger partial charge in [0.2, 0.25) is 0 Å². The molecule has 1 aromatic carbocycles. The highest BCUT2D eigenvalue weighted by Crippen LogP contribution is 2.28. The summed E-state index contributed by atoms with van der Waals surface area (Å²) in [4.78, 5) is 0. The second-order valence-corrected chi connectivity index (χ2v) is 5.93. The van der Waals surface area contributed by atoms with Crippen LogP contribution in [0.3, 0.4) is 0 Å².